The zero-order valence-electron chi connectivity index (χ0n) is 18.0. The van der Waals surface area contributed by atoms with Crippen LogP contribution in [0.25, 0.3) is 10.2 Å². The summed E-state index contributed by atoms with van der Waals surface area (Å²) in [6.45, 7) is 0. The van der Waals surface area contributed by atoms with Gasteiger partial charge in [-0.05, 0) is 42.5 Å². The number of benzene rings is 1. The molecule has 11 heteroatoms. The van der Waals surface area contributed by atoms with Crippen LogP contribution < -0.4 is 15.8 Å². The number of para-hydroxylation sites is 1. The molecule has 2 amide bonds. The molecule has 3 aromatic rings. The van der Waals surface area contributed by atoms with Crippen molar-refractivity contribution in [2.75, 3.05) is 12.4 Å². The van der Waals surface area contributed by atoms with Crippen LogP contribution in [0.4, 0.5) is 14.5 Å². The highest BCUT2D eigenvalue weighted by Gasteiger charge is 2.34. The minimum Gasteiger partial charge on any atom is -0.496 e. The molecule has 3 heterocycles. The molecule has 2 aromatic heterocycles. The van der Waals surface area contributed by atoms with E-state index in [0.29, 0.717) is 28.0 Å². The highest BCUT2D eigenvalue weighted by atomic mass is 32.1. The van der Waals surface area contributed by atoms with Gasteiger partial charge in [0, 0.05) is 17.4 Å². The third kappa shape index (κ3) is 3.96. The summed E-state index contributed by atoms with van der Waals surface area (Å²) < 4.78 is 32.2. The molecular formula is C23H20F2N4O4S. The standard InChI is InChI=1S/C23H20F2N4O4S/c1-32-15-5-3-2-4-11(15)13-9-16(33-29-13)22(31)28-18-17-12(10-6-7-10)8-14(20(24)25)27-23(17)34-19(18)21(26)30/h2-5,8,10,16,20H,6-7,9H2,1H3,(H2,26,30)(H,28,31). The Bertz CT molecular complexity index is 1340. The smallest absolute Gasteiger partial charge is 0.280 e. The molecule has 1 aliphatic heterocycles. The number of rotatable bonds is 7. The van der Waals surface area contributed by atoms with E-state index in [-0.39, 0.29) is 33.4 Å². The highest BCUT2D eigenvalue weighted by molar-refractivity contribution is 7.21. The second kappa shape index (κ2) is 8.64. The van der Waals surface area contributed by atoms with Crippen LogP contribution in [-0.2, 0) is 9.63 Å². The first kappa shape index (κ1) is 22.2. The van der Waals surface area contributed by atoms with Gasteiger partial charge in [-0.3, -0.25) is 9.59 Å². The number of amides is 2. The maximum Gasteiger partial charge on any atom is 0.280 e. The number of hydrogen-bond donors (Lipinski definition) is 2. The van der Waals surface area contributed by atoms with E-state index in [1.165, 1.54) is 13.2 Å². The van der Waals surface area contributed by atoms with Gasteiger partial charge < -0.3 is 20.6 Å². The van der Waals surface area contributed by atoms with E-state index in [9.17, 15) is 18.4 Å². The van der Waals surface area contributed by atoms with Crippen LogP contribution in [0.2, 0.25) is 0 Å². The van der Waals surface area contributed by atoms with Crippen molar-refractivity contribution in [1.82, 2.24) is 4.98 Å². The molecule has 8 nitrogen and oxygen atoms in total. The molecule has 1 unspecified atom stereocenters. The Morgan fingerprint density at radius 3 is 2.74 bits per heavy atom. The van der Waals surface area contributed by atoms with E-state index in [2.05, 4.69) is 15.5 Å². The predicted octanol–water partition coefficient (Wildman–Crippen LogP) is 4.35. The first-order chi connectivity index (χ1) is 16.4. The van der Waals surface area contributed by atoms with Gasteiger partial charge in [0.05, 0.1) is 18.5 Å². The Balaban J connectivity index is 1.46. The van der Waals surface area contributed by atoms with Gasteiger partial charge in [0.1, 0.15) is 21.2 Å². The lowest BCUT2D eigenvalue weighted by molar-refractivity contribution is -0.125. The number of halogens is 2. The molecule has 0 saturated heterocycles. The molecule has 0 radical (unpaired) electrons. The van der Waals surface area contributed by atoms with E-state index in [0.717, 1.165) is 24.2 Å². The van der Waals surface area contributed by atoms with E-state index in [4.69, 9.17) is 15.3 Å². The lowest BCUT2D eigenvalue weighted by Crippen LogP contribution is -2.29. The van der Waals surface area contributed by atoms with Crippen LogP contribution >= 0.6 is 11.3 Å². The normalized spacial score (nSPS) is 17.5. The molecule has 1 fully saturated rings. The van der Waals surface area contributed by atoms with Crippen LogP contribution in [0.3, 0.4) is 0 Å². The third-order valence-corrected chi connectivity index (χ3v) is 6.90. The summed E-state index contributed by atoms with van der Waals surface area (Å²) in [7, 11) is 1.54. The summed E-state index contributed by atoms with van der Waals surface area (Å²) >= 11 is 0.890. The van der Waals surface area contributed by atoms with Crippen molar-refractivity contribution < 1.29 is 27.9 Å². The van der Waals surface area contributed by atoms with E-state index < -0.39 is 24.3 Å². The van der Waals surface area contributed by atoms with Crippen molar-refractivity contribution in [2.45, 2.75) is 37.7 Å². The number of carbonyl (C=O) groups excluding carboxylic acids is 2. The second-order valence-corrected chi connectivity index (χ2v) is 9.09. The number of fused-ring (bicyclic) bond motifs is 1. The van der Waals surface area contributed by atoms with Crippen molar-refractivity contribution in [3.8, 4) is 5.75 Å². The number of pyridine rings is 1. The van der Waals surface area contributed by atoms with E-state index in [1.54, 1.807) is 6.07 Å². The first-order valence-electron chi connectivity index (χ1n) is 10.6. The molecule has 2 aliphatic rings. The number of nitrogens with one attached hydrogen (secondary N) is 1. The summed E-state index contributed by atoms with van der Waals surface area (Å²) in [5.74, 6) is -0.648. The number of ether oxygens (including phenoxy) is 1. The summed E-state index contributed by atoms with van der Waals surface area (Å²) in [5.41, 5.74) is 7.26. The summed E-state index contributed by atoms with van der Waals surface area (Å²) in [4.78, 5) is 35.0. The number of anilines is 1. The van der Waals surface area contributed by atoms with Gasteiger partial charge in [0.2, 0.25) is 6.10 Å². The fraction of sp³-hybridized carbons (Fsp3) is 0.304. The van der Waals surface area contributed by atoms with Gasteiger partial charge in [-0.15, -0.1) is 11.3 Å². The van der Waals surface area contributed by atoms with Crippen LogP contribution in [0, 0.1) is 0 Å². The molecule has 1 atom stereocenters. The highest BCUT2D eigenvalue weighted by Crippen LogP contribution is 2.48. The third-order valence-electron chi connectivity index (χ3n) is 5.80. The van der Waals surface area contributed by atoms with E-state index >= 15 is 0 Å². The fourth-order valence-corrected chi connectivity index (χ4v) is 5.05. The average Bonchev–Trinajstić information content (AvgIpc) is 3.44. The van der Waals surface area contributed by atoms with Crippen LogP contribution in [0.5, 0.6) is 5.75 Å². The van der Waals surface area contributed by atoms with Gasteiger partial charge in [-0.2, -0.15) is 0 Å². The van der Waals surface area contributed by atoms with Gasteiger partial charge >= 0.3 is 0 Å². The predicted molar refractivity (Wildman–Crippen MR) is 123 cm³/mol. The van der Waals surface area contributed by atoms with Crippen molar-refractivity contribution in [1.29, 1.82) is 0 Å². The van der Waals surface area contributed by atoms with Crippen molar-refractivity contribution in [2.24, 2.45) is 10.9 Å². The Kier molecular flexibility index (Phi) is 5.64. The number of methoxy groups -OCH3 is 1. The van der Waals surface area contributed by atoms with Gasteiger partial charge in [-0.1, -0.05) is 17.3 Å². The fourth-order valence-electron chi connectivity index (χ4n) is 4.03. The Morgan fingerprint density at radius 1 is 1.29 bits per heavy atom. The maximum atomic E-state index is 13.4. The summed E-state index contributed by atoms with van der Waals surface area (Å²) in [5, 5.41) is 7.26. The first-order valence-corrected chi connectivity index (χ1v) is 11.4. The van der Waals surface area contributed by atoms with Crippen molar-refractivity contribution in [3.05, 3.63) is 52.0 Å². The molecular weight excluding hydrogens is 466 g/mol. The number of aromatic nitrogens is 1. The lowest BCUT2D eigenvalue weighted by atomic mass is 10.0. The minimum atomic E-state index is -2.75. The molecule has 1 saturated carbocycles. The maximum absolute atomic E-state index is 13.4. The largest absolute Gasteiger partial charge is 0.496 e. The molecule has 3 N–H and O–H groups in total. The number of hydrogen-bond acceptors (Lipinski definition) is 7. The molecule has 0 spiro atoms. The van der Waals surface area contributed by atoms with Gasteiger partial charge in [-0.25, -0.2) is 13.8 Å². The zero-order chi connectivity index (χ0) is 24.0. The van der Waals surface area contributed by atoms with Crippen molar-refractivity contribution in [3.63, 3.8) is 0 Å². The Hall–Kier alpha value is -3.60. The Labute approximate surface area is 196 Å². The number of alkyl halides is 2. The number of thiophene rings is 1. The van der Waals surface area contributed by atoms with Crippen LogP contribution in [0.15, 0.2) is 35.5 Å². The molecule has 34 heavy (non-hydrogen) atoms. The van der Waals surface area contributed by atoms with Crippen LogP contribution in [-0.4, -0.2) is 35.7 Å². The number of carbonyl (C=O) groups is 2. The van der Waals surface area contributed by atoms with Gasteiger partial charge in [0.15, 0.2) is 0 Å². The molecule has 1 aliphatic carbocycles. The topological polar surface area (TPSA) is 116 Å². The van der Waals surface area contributed by atoms with Crippen LogP contribution in [0.1, 0.15) is 58.1 Å². The average molecular weight is 487 g/mol. The Morgan fingerprint density at radius 2 is 2.06 bits per heavy atom. The second-order valence-electron chi connectivity index (χ2n) is 8.09. The van der Waals surface area contributed by atoms with E-state index in [1.807, 2.05) is 18.2 Å². The summed E-state index contributed by atoms with van der Waals surface area (Å²) in [6, 6.07) is 8.59. The monoisotopic (exact) mass is 486 g/mol. The number of primary amides is 1. The quantitative estimate of drug-likeness (QED) is 0.515. The molecule has 1 aromatic carbocycles. The number of nitrogens with zero attached hydrogens (tertiary/aromatic N) is 2. The molecule has 176 valence electrons. The number of nitrogens with two attached hydrogens (primary N) is 1. The molecule has 0 bridgehead atoms. The summed E-state index contributed by atoms with van der Waals surface area (Å²) in [6.07, 6.45) is -1.86. The minimum absolute atomic E-state index is 0.0491. The van der Waals surface area contributed by atoms with Gasteiger partial charge in [0.25, 0.3) is 18.2 Å². The van der Waals surface area contributed by atoms with Crippen molar-refractivity contribution >= 4 is 44.8 Å². The SMILES string of the molecule is COc1ccccc1C1=NOC(C(=O)Nc2c(C(N)=O)sc3nc(C(F)F)cc(C4CC4)c23)C1. The zero-order valence-corrected chi connectivity index (χ0v) is 18.8. The lowest BCUT2D eigenvalue weighted by Gasteiger charge is -2.12. The molecule has 5 rings (SSSR count). The number of oxime groups is 1.